The van der Waals surface area contributed by atoms with E-state index in [1.807, 2.05) is 0 Å². The number of benzene rings is 1. The number of nitrogens with zero attached hydrogens (tertiary/aromatic N) is 2. The smallest absolute Gasteiger partial charge is 0.273 e. The molecule has 1 fully saturated rings. The van der Waals surface area contributed by atoms with Gasteiger partial charge in [0.2, 0.25) is 10.0 Å². The Morgan fingerprint density at radius 2 is 2.27 bits per heavy atom. The average molecular weight is 398 g/mol. The molecule has 1 aliphatic rings. The molecule has 0 bridgehead atoms. The van der Waals surface area contributed by atoms with Gasteiger partial charge in [-0.3, -0.25) is 4.79 Å². The summed E-state index contributed by atoms with van der Waals surface area (Å²) in [5.74, 6) is -0.858. The van der Waals surface area contributed by atoms with E-state index in [4.69, 9.17) is 5.73 Å². The highest BCUT2D eigenvalue weighted by Gasteiger charge is 2.29. The monoisotopic (exact) mass is 398 g/mol. The number of sulfonamides is 1. The Hall–Kier alpha value is -1.88. The Morgan fingerprint density at radius 3 is 2.96 bits per heavy atom. The maximum absolute atomic E-state index is 13.3. The molecule has 0 radical (unpaired) electrons. The summed E-state index contributed by atoms with van der Waals surface area (Å²) in [5.41, 5.74) is 5.84. The molecular weight excluding hydrogens is 379 g/mol. The number of hydrogen-bond acceptors (Lipinski definition) is 6. The van der Waals surface area contributed by atoms with E-state index in [9.17, 15) is 17.6 Å². The number of aromatic nitrogens is 1. The first kappa shape index (κ1) is 18.9. The van der Waals surface area contributed by atoms with Gasteiger partial charge >= 0.3 is 0 Å². The number of likely N-dealkylation sites (tertiary alicyclic amines) is 1. The summed E-state index contributed by atoms with van der Waals surface area (Å²) in [4.78, 5) is 18.2. The number of hydrogen-bond donors (Lipinski definition) is 2. The Morgan fingerprint density at radius 1 is 1.46 bits per heavy atom. The standard InChI is InChI=1S/C16H19FN4O3S2/c17-11-3-1-5-13(7-11)26(23,24)20-12-4-2-6-21(9-12)16(22)14-10-25-15(8-18)19-14/h1,3,5,7,10,12,20H,2,4,6,8-9,18H2. The molecule has 1 aromatic carbocycles. The van der Waals surface area contributed by atoms with Crippen molar-refractivity contribution in [2.75, 3.05) is 13.1 Å². The second kappa shape index (κ2) is 7.78. The van der Waals surface area contributed by atoms with E-state index < -0.39 is 21.9 Å². The number of thiazole rings is 1. The summed E-state index contributed by atoms with van der Waals surface area (Å²) in [7, 11) is -3.85. The molecule has 3 N–H and O–H groups in total. The van der Waals surface area contributed by atoms with Crippen LogP contribution in [0.1, 0.15) is 28.3 Å². The molecule has 0 saturated carbocycles. The van der Waals surface area contributed by atoms with Crippen LogP contribution in [-0.2, 0) is 16.6 Å². The van der Waals surface area contributed by atoms with Crippen LogP contribution in [0.2, 0.25) is 0 Å². The highest BCUT2D eigenvalue weighted by molar-refractivity contribution is 7.89. The van der Waals surface area contributed by atoms with Gasteiger partial charge < -0.3 is 10.6 Å². The minimum absolute atomic E-state index is 0.131. The summed E-state index contributed by atoms with van der Waals surface area (Å²) in [6.07, 6.45) is 1.26. The van der Waals surface area contributed by atoms with E-state index in [1.165, 1.54) is 29.5 Å². The summed E-state index contributed by atoms with van der Waals surface area (Å²) in [6.45, 7) is 1.05. The van der Waals surface area contributed by atoms with Crippen LogP contribution in [0.5, 0.6) is 0 Å². The normalized spacial score (nSPS) is 18.1. The first-order chi connectivity index (χ1) is 12.4. The molecule has 2 heterocycles. The second-order valence-electron chi connectivity index (χ2n) is 6.00. The first-order valence-corrected chi connectivity index (χ1v) is 10.5. The van der Waals surface area contributed by atoms with Crippen LogP contribution in [0, 0.1) is 5.82 Å². The quantitative estimate of drug-likeness (QED) is 0.790. The highest BCUT2D eigenvalue weighted by Crippen LogP contribution is 2.18. The fourth-order valence-electron chi connectivity index (χ4n) is 2.84. The number of piperidine rings is 1. The van der Waals surface area contributed by atoms with Crippen LogP contribution < -0.4 is 10.5 Å². The maximum atomic E-state index is 13.3. The van der Waals surface area contributed by atoms with E-state index in [1.54, 1.807) is 10.3 Å². The Bertz CT molecular complexity index is 900. The average Bonchev–Trinajstić information content (AvgIpc) is 3.10. The van der Waals surface area contributed by atoms with Gasteiger partial charge in [-0.25, -0.2) is 22.5 Å². The summed E-state index contributed by atoms with van der Waals surface area (Å²) in [6, 6.07) is 4.40. The van der Waals surface area contributed by atoms with Crippen LogP contribution in [-0.4, -0.2) is 43.3 Å². The number of rotatable bonds is 5. The van der Waals surface area contributed by atoms with Crippen LogP contribution >= 0.6 is 11.3 Å². The third-order valence-corrected chi connectivity index (χ3v) is 6.47. The fourth-order valence-corrected chi connectivity index (χ4v) is 4.79. The molecule has 1 saturated heterocycles. The number of carbonyl (C=O) groups excluding carboxylic acids is 1. The van der Waals surface area contributed by atoms with Crippen LogP contribution in [0.4, 0.5) is 4.39 Å². The number of nitrogens with one attached hydrogen (secondary N) is 1. The molecule has 10 heteroatoms. The summed E-state index contributed by atoms with van der Waals surface area (Å²) >= 11 is 1.32. The van der Waals surface area contributed by atoms with Crippen LogP contribution in [0.15, 0.2) is 34.5 Å². The zero-order chi connectivity index (χ0) is 18.7. The van der Waals surface area contributed by atoms with Crippen LogP contribution in [0.25, 0.3) is 0 Å². The molecule has 1 amide bonds. The molecule has 1 atom stereocenters. The number of nitrogens with two attached hydrogens (primary N) is 1. The van der Waals surface area contributed by atoms with Gasteiger partial charge in [-0.15, -0.1) is 11.3 Å². The van der Waals surface area contributed by atoms with Crippen molar-refractivity contribution in [2.24, 2.45) is 5.73 Å². The zero-order valence-corrected chi connectivity index (χ0v) is 15.5. The van der Waals surface area contributed by atoms with Gasteiger partial charge in [0, 0.05) is 31.1 Å². The summed E-state index contributed by atoms with van der Waals surface area (Å²) in [5, 5.41) is 2.33. The zero-order valence-electron chi connectivity index (χ0n) is 13.9. The highest BCUT2D eigenvalue weighted by atomic mass is 32.2. The molecule has 140 valence electrons. The van der Waals surface area contributed by atoms with E-state index in [2.05, 4.69) is 9.71 Å². The molecule has 1 aromatic heterocycles. The minimum atomic E-state index is -3.85. The lowest BCUT2D eigenvalue weighted by molar-refractivity contribution is 0.0697. The topological polar surface area (TPSA) is 105 Å². The lowest BCUT2D eigenvalue weighted by Crippen LogP contribution is -2.49. The third kappa shape index (κ3) is 4.26. The molecule has 1 unspecified atom stereocenters. The van der Waals surface area contributed by atoms with Crippen LogP contribution in [0.3, 0.4) is 0 Å². The lowest BCUT2D eigenvalue weighted by atomic mass is 10.1. The molecule has 3 rings (SSSR count). The third-order valence-electron chi connectivity index (χ3n) is 4.08. The molecule has 0 spiro atoms. The molecule has 7 nitrogen and oxygen atoms in total. The summed E-state index contributed by atoms with van der Waals surface area (Å²) < 4.78 is 40.7. The maximum Gasteiger partial charge on any atom is 0.273 e. The lowest BCUT2D eigenvalue weighted by Gasteiger charge is -2.32. The van der Waals surface area contributed by atoms with Crippen molar-refractivity contribution in [1.29, 1.82) is 0 Å². The molecule has 0 aliphatic carbocycles. The van der Waals surface area contributed by atoms with Gasteiger partial charge in [0.25, 0.3) is 5.91 Å². The molecule has 2 aromatic rings. The van der Waals surface area contributed by atoms with Crippen molar-refractivity contribution in [3.63, 3.8) is 0 Å². The van der Waals surface area contributed by atoms with Gasteiger partial charge in [-0.2, -0.15) is 0 Å². The van der Waals surface area contributed by atoms with Gasteiger partial charge in [0.1, 0.15) is 16.5 Å². The first-order valence-electron chi connectivity index (χ1n) is 8.10. The largest absolute Gasteiger partial charge is 0.336 e. The number of carbonyl (C=O) groups is 1. The minimum Gasteiger partial charge on any atom is -0.336 e. The van der Waals surface area contributed by atoms with Crippen molar-refractivity contribution >= 4 is 27.3 Å². The van der Waals surface area contributed by atoms with Crippen molar-refractivity contribution < 1.29 is 17.6 Å². The van der Waals surface area contributed by atoms with Gasteiger partial charge in [-0.05, 0) is 31.0 Å². The van der Waals surface area contributed by atoms with E-state index in [-0.39, 0.29) is 23.9 Å². The van der Waals surface area contributed by atoms with E-state index in [0.717, 1.165) is 6.07 Å². The predicted octanol–water partition coefficient (Wildman–Crippen LogP) is 1.32. The van der Waals surface area contributed by atoms with Crippen molar-refractivity contribution in [2.45, 2.75) is 30.3 Å². The second-order valence-corrected chi connectivity index (χ2v) is 8.66. The van der Waals surface area contributed by atoms with Gasteiger partial charge in [0.05, 0.1) is 4.90 Å². The van der Waals surface area contributed by atoms with Crippen molar-refractivity contribution in [1.82, 2.24) is 14.6 Å². The Labute approximate surface area is 155 Å². The SMILES string of the molecule is NCc1nc(C(=O)N2CCCC(NS(=O)(=O)c3cccc(F)c3)C2)cs1. The van der Waals surface area contributed by atoms with Gasteiger partial charge in [-0.1, -0.05) is 6.07 Å². The predicted molar refractivity (Wildman–Crippen MR) is 95.7 cm³/mol. The Kier molecular flexibility index (Phi) is 5.66. The van der Waals surface area contributed by atoms with Crippen molar-refractivity contribution in [3.8, 4) is 0 Å². The fraction of sp³-hybridized carbons (Fsp3) is 0.375. The number of halogens is 1. The molecule has 26 heavy (non-hydrogen) atoms. The molecule has 1 aliphatic heterocycles. The van der Waals surface area contributed by atoms with E-state index >= 15 is 0 Å². The van der Waals surface area contributed by atoms with Gasteiger partial charge in [0.15, 0.2) is 0 Å². The number of amides is 1. The Balaban J connectivity index is 1.69. The van der Waals surface area contributed by atoms with E-state index in [0.29, 0.717) is 30.1 Å². The van der Waals surface area contributed by atoms with Crippen molar-refractivity contribution in [3.05, 3.63) is 46.2 Å². The molecular formula is C16H19FN4O3S2.